The molecule has 1 aromatic carbocycles. The quantitative estimate of drug-likeness (QED) is 0.742. The first-order valence-corrected chi connectivity index (χ1v) is 6.80. The van der Waals surface area contributed by atoms with Crippen molar-refractivity contribution in [3.8, 4) is 0 Å². The van der Waals surface area contributed by atoms with E-state index >= 15 is 0 Å². The highest BCUT2D eigenvalue weighted by molar-refractivity contribution is 6.30. The van der Waals surface area contributed by atoms with Gasteiger partial charge in [-0.05, 0) is 31.0 Å². The number of halogens is 2. The van der Waals surface area contributed by atoms with Crippen molar-refractivity contribution in [3.05, 3.63) is 29.0 Å². The summed E-state index contributed by atoms with van der Waals surface area (Å²) in [6, 6.07) is 4.01. The van der Waals surface area contributed by atoms with Crippen molar-refractivity contribution in [2.24, 2.45) is 11.8 Å². The smallest absolute Gasteiger partial charge is 0.237 e. The van der Waals surface area contributed by atoms with Gasteiger partial charge in [-0.3, -0.25) is 9.59 Å². The van der Waals surface area contributed by atoms with Crippen LogP contribution in [0.1, 0.15) is 25.7 Å². The Bertz CT molecular complexity index is 536. The predicted octanol–water partition coefficient (Wildman–Crippen LogP) is 3.16. The molecule has 0 radical (unpaired) electrons. The van der Waals surface area contributed by atoms with Gasteiger partial charge in [0.1, 0.15) is 5.82 Å². The van der Waals surface area contributed by atoms with E-state index in [2.05, 4.69) is 0 Å². The number of hydrogen-bond acceptors (Lipinski definition) is 2. The molecule has 0 bridgehead atoms. The second kappa shape index (κ2) is 4.60. The van der Waals surface area contributed by atoms with Crippen LogP contribution in [0.25, 0.3) is 0 Å². The topological polar surface area (TPSA) is 37.4 Å². The number of imide groups is 1. The average Bonchev–Trinajstić information content (AvgIpc) is 2.64. The van der Waals surface area contributed by atoms with Crippen LogP contribution in [0.2, 0.25) is 5.02 Å². The highest BCUT2D eigenvalue weighted by Gasteiger charge is 2.49. The lowest BCUT2D eigenvalue weighted by Crippen LogP contribution is -2.31. The molecular weight excluding hydrogens is 269 g/mol. The summed E-state index contributed by atoms with van der Waals surface area (Å²) in [4.78, 5) is 25.6. The van der Waals surface area contributed by atoms with Gasteiger partial charge >= 0.3 is 0 Å². The summed E-state index contributed by atoms with van der Waals surface area (Å²) in [7, 11) is 0. The molecule has 0 aromatic heterocycles. The van der Waals surface area contributed by atoms with Gasteiger partial charge in [-0.2, -0.15) is 0 Å². The largest absolute Gasteiger partial charge is 0.274 e. The Balaban J connectivity index is 2.00. The van der Waals surface area contributed by atoms with E-state index in [1.807, 2.05) is 0 Å². The summed E-state index contributed by atoms with van der Waals surface area (Å²) in [5.74, 6) is -1.70. The number of benzene rings is 1. The standard InChI is InChI=1S/C14H13ClFNO2/c15-8-5-6-12(11(16)7-8)17-13(18)9-3-1-2-4-10(9)14(17)19/h5-7,9-10H,1-4H2/t9-,10-/m0/s1. The van der Waals surface area contributed by atoms with Gasteiger partial charge in [0.25, 0.3) is 0 Å². The van der Waals surface area contributed by atoms with Crippen molar-refractivity contribution in [1.29, 1.82) is 0 Å². The fourth-order valence-corrected chi connectivity index (χ4v) is 3.22. The lowest BCUT2D eigenvalue weighted by atomic mass is 9.81. The minimum absolute atomic E-state index is 0.0220. The van der Waals surface area contributed by atoms with E-state index in [1.54, 1.807) is 0 Å². The van der Waals surface area contributed by atoms with E-state index in [4.69, 9.17) is 11.6 Å². The molecule has 0 spiro atoms. The van der Waals surface area contributed by atoms with Crippen molar-refractivity contribution >= 4 is 29.1 Å². The van der Waals surface area contributed by atoms with Crippen LogP contribution in [0, 0.1) is 17.7 Å². The third kappa shape index (κ3) is 1.94. The van der Waals surface area contributed by atoms with Crippen LogP contribution in [-0.4, -0.2) is 11.8 Å². The maximum absolute atomic E-state index is 13.9. The molecule has 1 aliphatic carbocycles. The predicted molar refractivity (Wildman–Crippen MR) is 69.4 cm³/mol. The number of hydrogen-bond donors (Lipinski definition) is 0. The summed E-state index contributed by atoms with van der Waals surface area (Å²) in [5.41, 5.74) is 0.0220. The second-order valence-electron chi connectivity index (χ2n) is 5.11. The van der Waals surface area contributed by atoms with Crippen LogP contribution < -0.4 is 4.90 Å². The Labute approximate surface area is 115 Å². The first-order valence-electron chi connectivity index (χ1n) is 6.42. The van der Waals surface area contributed by atoms with Gasteiger partial charge in [0.05, 0.1) is 17.5 Å². The van der Waals surface area contributed by atoms with Gasteiger partial charge in [-0.15, -0.1) is 0 Å². The Morgan fingerprint density at radius 3 is 2.21 bits per heavy atom. The number of fused-ring (bicyclic) bond motifs is 1. The molecule has 2 aliphatic rings. The first kappa shape index (κ1) is 12.6. The molecule has 2 fully saturated rings. The summed E-state index contributed by atoms with van der Waals surface area (Å²) in [6.45, 7) is 0. The highest BCUT2D eigenvalue weighted by atomic mass is 35.5. The van der Waals surface area contributed by atoms with Crippen LogP contribution in [0.3, 0.4) is 0 Å². The third-order valence-electron chi connectivity index (χ3n) is 3.99. The van der Waals surface area contributed by atoms with Gasteiger partial charge < -0.3 is 0 Å². The molecule has 1 aromatic rings. The number of anilines is 1. The summed E-state index contributed by atoms with van der Waals surface area (Å²) < 4.78 is 13.9. The molecule has 1 aliphatic heterocycles. The van der Waals surface area contributed by atoms with Gasteiger partial charge in [0.15, 0.2) is 0 Å². The highest BCUT2D eigenvalue weighted by Crippen LogP contribution is 2.40. The van der Waals surface area contributed by atoms with Crippen molar-refractivity contribution < 1.29 is 14.0 Å². The molecule has 0 N–H and O–H groups in total. The van der Waals surface area contributed by atoms with Crippen LogP contribution in [0.4, 0.5) is 10.1 Å². The molecule has 0 unspecified atom stereocenters. The zero-order chi connectivity index (χ0) is 13.6. The van der Waals surface area contributed by atoms with Crippen molar-refractivity contribution in [3.63, 3.8) is 0 Å². The summed E-state index contributed by atoms with van der Waals surface area (Å²) in [6.07, 6.45) is 3.36. The monoisotopic (exact) mass is 281 g/mol. The zero-order valence-corrected chi connectivity index (χ0v) is 11.0. The fraction of sp³-hybridized carbons (Fsp3) is 0.429. The lowest BCUT2D eigenvalue weighted by molar-refractivity contribution is -0.122. The van der Waals surface area contributed by atoms with Crippen LogP contribution in [0.15, 0.2) is 18.2 Å². The van der Waals surface area contributed by atoms with E-state index in [0.717, 1.165) is 36.6 Å². The lowest BCUT2D eigenvalue weighted by Gasteiger charge is -2.19. The normalized spacial score (nSPS) is 26.7. The molecule has 2 atom stereocenters. The molecule has 3 nitrogen and oxygen atoms in total. The van der Waals surface area contributed by atoms with Gasteiger partial charge in [0.2, 0.25) is 11.8 Å². The Kier molecular flexibility index (Phi) is 3.05. The van der Waals surface area contributed by atoms with E-state index in [0.29, 0.717) is 0 Å². The van der Waals surface area contributed by atoms with E-state index in [1.165, 1.54) is 12.1 Å². The maximum atomic E-state index is 13.9. The van der Waals surface area contributed by atoms with Crippen molar-refractivity contribution in [2.75, 3.05) is 4.90 Å². The number of carbonyl (C=O) groups is 2. The van der Waals surface area contributed by atoms with Crippen LogP contribution in [0.5, 0.6) is 0 Å². The molecule has 2 amide bonds. The molecule has 1 saturated carbocycles. The van der Waals surface area contributed by atoms with E-state index in [9.17, 15) is 14.0 Å². The summed E-state index contributed by atoms with van der Waals surface area (Å²) in [5, 5.41) is 0.248. The van der Waals surface area contributed by atoms with E-state index in [-0.39, 0.29) is 34.4 Å². The van der Waals surface area contributed by atoms with Gasteiger partial charge in [-0.25, -0.2) is 9.29 Å². The molecule has 5 heteroatoms. The summed E-state index contributed by atoms with van der Waals surface area (Å²) >= 11 is 5.69. The van der Waals surface area contributed by atoms with Crippen LogP contribution in [-0.2, 0) is 9.59 Å². The SMILES string of the molecule is O=C1[C@H]2CCCC[C@@H]2C(=O)N1c1ccc(Cl)cc1F. The number of amides is 2. The fourth-order valence-electron chi connectivity index (χ4n) is 3.06. The van der Waals surface area contributed by atoms with Crippen molar-refractivity contribution in [1.82, 2.24) is 0 Å². The second-order valence-corrected chi connectivity index (χ2v) is 5.54. The number of carbonyl (C=O) groups excluding carboxylic acids is 2. The molecular formula is C14H13ClFNO2. The molecule has 3 rings (SSSR count). The molecule has 1 heterocycles. The maximum Gasteiger partial charge on any atom is 0.237 e. The number of nitrogens with zero attached hydrogens (tertiary/aromatic N) is 1. The van der Waals surface area contributed by atoms with Crippen molar-refractivity contribution in [2.45, 2.75) is 25.7 Å². The Morgan fingerprint density at radius 2 is 1.68 bits per heavy atom. The molecule has 1 saturated heterocycles. The minimum atomic E-state index is -0.632. The first-order chi connectivity index (χ1) is 9.09. The Hall–Kier alpha value is -1.42. The van der Waals surface area contributed by atoms with Gasteiger partial charge in [0, 0.05) is 5.02 Å². The van der Waals surface area contributed by atoms with E-state index < -0.39 is 5.82 Å². The zero-order valence-electron chi connectivity index (χ0n) is 10.2. The van der Waals surface area contributed by atoms with Crippen LogP contribution >= 0.6 is 11.6 Å². The molecule has 19 heavy (non-hydrogen) atoms. The number of rotatable bonds is 1. The molecule has 100 valence electrons. The average molecular weight is 282 g/mol. The minimum Gasteiger partial charge on any atom is -0.274 e. The third-order valence-corrected chi connectivity index (χ3v) is 4.23. The van der Waals surface area contributed by atoms with Gasteiger partial charge in [-0.1, -0.05) is 24.4 Å². The Morgan fingerprint density at radius 1 is 1.11 bits per heavy atom.